The molecule has 234 valence electrons. The van der Waals surface area contributed by atoms with Crippen molar-refractivity contribution in [2.24, 2.45) is 0 Å². The van der Waals surface area contributed by atoms with Crippen molar-refractivity contribution in [2.45, 2.75) is 90.0 Å². The standard InChI is InChI=1S/C34H42N4O6/c1-4-23-24-17-22(44-33(41)37-15-11-21(12-16-37)36-13-7-6-8-14-36)9-10-28(24)35-30-25(23)19-38-29(30)18-27-26(31(38)39)20-43-32(40)34(27,5-2)42-3/h9-10,17-18,21,33,41H,4-8,11-16,19-20H2,1-3H3/t33?,34-/m0/s1. The van der Waals surface area contributed by atoms with Gasteiger partial charge in [0, 0.05) is 42.8 Å². The van der Waals surface area contributed by atoms with Crippen LogP contribution < -0.4 is 10.3 Å². The maximum absolute atomic E-state index is 13.8. The summed E-state index contributed by atoms with van der Waals surface area (Å²) in [6.07, 6.45) is 6.08. The van der Waals surface area contributed by atoms with Gasteiger partial charge in [-0.15, -0.1) is 0 Å². The van der Waals surface area contributed by atoms with Gasteiger partial charge in [-0.25, -0.2) is 14.7 Å². The Hall–Kier alpha value is -3.31. The lowest BCUT2D eigenvalue weighted by Gasteiger charge is -2.41. The number of hydrogen-bond acceptors (Lipinski definition) is 9. The number of aryl methyl sites for hydroxylation is 1. The number of carbonyl (C=O) groups is 1. The Kier molecular flexibility index (Phi) is 7.73. The molecular formula is C34H42N4O6. The molecule has 0 aliphatic carbocycles. The minimum atomic E-state index is -1.31. The first-order chi connectivity index (χ1) is 21.4. The first kappa shape index (κ1) is 29.4. The van der Waals surface area contributed by atoms with Crippen LogP contribution in [0.2, 0.25) is 0 Å². The molecule has 6 heterocycles. The van der Waals surface area contributed by atoms with Crippen molar-refractivity contribution in [3.05, 3.63) is 56.9 Å². The third-order valence-electron chi connectivity index (χ3n) is 10.4. The highest BCUT2D eigenvalue weighted by molar-refractivity contribution is 5.90. The van der Waals surface area contributed by atoms with Crippen LogP contribution in [-0.4, -0.2) is 76.2 Å². The second kappa shape index (κ2) is 11.6. The van der Waals surface area contributed by atoms with E-state index in [0.717, 1.165) is 60.1 Å². The fourth-order valence-electron chi connectivity index (χ4n) is 7.90. The van der Waals surface area contributed by atoms with Gasteiger partial charge in [-0.05, 0) is 81.4 Å². The maximum Gasteiger partial charge on any atom is 0.343 e. The molecule has 2 atom stereocenters. The van der Waals surface area contributed by atoms with Crippen LogP contribution in [0.3, 0.4) is 0 Å². The number of ether oxygens (including phenoxy) is 3. The van der Waals surface area contributed by atoms with E-state index in [1.54, 1.807) is 4.57 Å². The Bertz CT molecular complexity index is 1650. The summed E-state index contributed by atoms with van der Waals surface area (Å²) >= 11 is 0. The summed E-state index contributed by atoms with van der Waals surface area (Å²) in [6, 6.07) is 8.23. The number of aliphatic hydroxyl groups excluding tert-OH is 1. The van der Waals surface area contributed by atoms with Crippen molar-refractivity contribution in [2.75, 3.05) is 33.3 Å². The molecular weight excluding hydrogens is 560 g/mol. The van der Waals surface area contributed by atoms with Gasteiger partial charge in [-0.2, -0.15) is 0 Å². The number of pyridine rings is 2. The Morgan fingerprint density at radius 1 is 1.07 bits per heavy atom. The fourth-order valence-corrected chi connectivity index (χ4v) is 7.90. The topological polar surface area (TPSA) is 106 Å². The Labute approximate surface area is 257 Å². The molecule has 0 spiro atoms. The predicted octanol–water partition coefficient (Wildman–Crippen LogP) is 3.90. The van der Waals surface area contributed by atoms with Crippen molar-refractivity contribution in [3.8, 4) is 17.1 Å². The molecule has 3 aromatic rings. The van der Waals surface area contributed by atoms with Crippen molar-refractivity contribution in [1.29, 1.82) is 0 Å². The molecule has 1 aromatic carbocycles. The summed E-state index contributed by atoms with van der Waals surface area (Å²) in [5.74, 6) is 0.116. The molecule has 7 rings (SSSR count). The summed E-state index contributed by atoms with van der Waals surface area (Å²) in [7, 11) is 1.48. The van der Waals surface area contributed by atoms with Crippen molar-refractivity contribution in [3.63, 3.8) is 0 Å². The average molecular weight is 603 g/mol. The van der Waals surface area contributed by atoms with E-state index in [1.165, 1.54) is 39.5 Å². The number of likely N-dealkylation sites (tertiary alicyclic amines) is 2. The highest BCUT2D eigenvalue weighted by atomic mass is 16.6. The van der Waals surface area contributed by atoms with Gasteiger partial charge in [0.2, 0.25) is 0 Å². The first-order valence-corrected chi connectivity index (χ1v) is 16.2. The van der Waals surface area contributed by atoms with Crippen LogP contribution in [-0.2, 0) is 39.4 Å². The van der Waals surface area contributed by atoms with Crippen LogP contribution >= 0.6 is 0 Å². The number of piperidine rings is 2. The van der Waals surface area contributed by atoms with Crippen molar-refractivity contribution < 1.29 is 24.1 Å². The SMILES string of the molecule is CCc1c2c(nc3ccc(OC(O)N4CCC(N5CCCCC5)CC4)cc13)-c1cc3c(c(=O)n1C2)COC(=O)[C@@]3(CC)OC. The Morgan fingerprint density at radius 3 is 2.55 bits per heavy atom. The van der Waals surface area contributed by atoms with Gasteiger partial charge >= 0.3 is 5.97 Å². The van der Waals surface area contributed by atoms with E-state index in [9.17, 15) is 14.7 Å². The number of rotatable bonds is 7. The molecule has 2 fully saturated rings. The van der Waals surface area contributed by atoms with Gasteiger partial charge < -0.3 is 28.8 Å². The molecule has 0 amide bonds. The van der Waals surface area contributed by atoms with Gasteiger partial charge in [0.05, 0.1) is 29.0 Å². The average Bonchev–Trinajstić information content (AvgIpc) is 3.43. The van der Waals surface area contributed by atoms with E-state index in [-0.39, 0.29) is 12.2 Å². The number of benzene rings is 1. The van der Waals surface area contributed by atoms with Gasteiger partial charge in [0.25, 0.3) is 12.0 Å². The molecule has 4 aliphatic heterocycles. The van der Waals surface area contributed by atoms with Gasteiger partial charge in [0.1, 0.15) is 12.4 Å². The summed E-state index contributed by atoms with van der Waals surface area (Å²) in [5, 5.41) is 12.0. The third-order valence-corrected chi connectivity index (χ3v) is 10.4. The number of carbonyl (C=O) groups excluding carboxylic acids is 1. The lowest BCUT2D eigenvalue weighted by Crippen LogP contribution is -2.50. The lowest BCUT2D eigenvalue weighted by atomic mass is 9.85. The second-order valence-corrected chi connectivity index (χ2v) is 12.5. The largest absolute Gasteiger partial charge is 0.458 e. The Balaban J connectivity index is 1.17. The van der Waals surface area contributed by atoms with Crippen molar-refractivity contribution >= 4 is 16.9 Å². The molecule has 0 bridgehead atoms. The molecule has 2 aromatic heterocycles. The van der Waals surface area contributed by atoms with Crippen LogP contribution in [0.4, 0.5) is 0 Å². The molecule has 0 saturated carbocycles. The number of cyclic esters (lactones) is 1. The monoisotopic (exact) mass is 602 g/mol. The number of aliphatic hydroxyl groups is 1. The second-order valence-electron chi connectivity index (χ2n) is 12.5. The number of aromatic nitrogens is 2. The fraction of sp³-hybridized carbons (Fsp3) is 0.559. The zero-order valence-electron chi connectivity index (χ0n) is 25.9. The normalized spacial score (nSPS) is 23.2. The number of hydrogen-bond donors (Lipinski definition) is 1. The van der Waals surface area contributed by atoms with E-state index in [1.807, 2.05) is 36.1 Å². The zero-order chi connectivity index (χ0) is 30.6. The predicted molar refractivity (Wildman–Crippen MR) is 165 cm³/mol. The Morgan fingerprint density at radius 2 is 1.84 bits per heavy atom. The van der Waals surface area contributed by atoms with Crippen LogP contribution in [0, 0.1) is 0 Å². The van der Waals surface area contributed by atoms with Crippen LogP contribution in [0.15, 0.2) is 29.1 Å². The van der Waals surface area contributed by atoms with Crippen LogP contribution in [0.25, 0.3) is 22.3 Å². The van der Waals surface area contributed by atoms with Crippen LogP contribution in [0.5, 0.6) is 5.75 Å². The molecule has 1 N–H and O–H groups in total. The number of methoxy groups -OCH3 is 1. The number of fused-ring (bicyclic) bond motifs is 5. The molecule has 1 unspecified atom stereocenters. The van der Waals surface area contributed by atoms with E-state index >= 15 is 0 Å². The van der Waals surface area contributed by atoms with E-state index < -0.39 is 18.0 Å². The van der Waals surface area contributed by atoms with Gasteiger partial charge in [0.15, 0.2) is 5.60 Å². The summed E-state index contributed by atoms with van der Waals surface area (Å²) < 4.78 is 19.0. The first-order valence-electron chi connectivity index (χ1n) is 16.2. The van der Waals surface area contributed by atoms with Crippen LogP contribution in [0.1, 0.15) is 74.6 Å². The third kappa shape index (κ3) is 4.65. The van der Waals surface area contributed by atoms with E-state index in [4.69, 9.17) is 19.2 Å². The molecule has 4 aliphatic rings. The van der Waals surface area contributed by atoms with Crippen molar-refractivity contribution in [1.82, 2.24) is 19.4 Å². The van der Waals surface area contributed by atoms with E-state index in [0.29, 0.717) is 41.6 Å². The highest BCUT2D eigenvalue weighted by Gasteiger charge is 2.47. The quantitative estimate of drug-likeness (QED) is 0.249. The minimum absolute atomic E-state index is 0.0657. The molecule has 0 radical (unpaired) electrons. The van der Waals surface area contributed by atoms with Gasteiger partial charge in [-0.3, -0.25) is 4.79 Å². The maximum atomic E-state index is 13.8. The summed E-state index contributed by atoms with van der Waals surface area (Å²) in [5.41, 5.74) is 3.84. The molecule has 10 nitrogen and oxygen atoms in total. The van der Waals surface area contributed by atoms with Gasteiger partial charge in [-0.1, -0.05) is 20.3 Å². The molecule has 10 heteroatoms. The zero-order valence-corrected chi connectivity index (χ0v) is 25.9. The highest BCUT2D eigenvalue weighted by Crippen LogP contribution is 2.42. The molecule has 44 heavy (non-hydrogen) atoms. The number of nitrogens with zero attached hydrogens (tertiary/aromatic N) is 4. The molecule has 2 saturated heterocycles. The lowest BCUT2D eigenvalue weighted by molar-refractivity contribution is -0.176. The smallest absolute Gasteiger partial charge is 0.343 e. The summed E-state index contributed by atoms with van der Waals surface area (Å²) in [6.45, 7) is 8.28. The number of esters is 1. The minimum Gasteiger partial charge on any atom is -0.458 e. The van der Waals surface area contributed by atoms with E-state index in [2.05, 4.69) is 11.8 Å². The summed E-state index contributed by atoms with van der Waals surface area (Å²) in [4.78, 5) is 36.3.